The number of rotatable bonds is 6. The van der Waals surface area contributed by atoms with Gasteiger partial charge in [0.2, 0.25) is 0 Å². The second-order valence-corrected chi connectivity index (χ2v) is 9.46. The first kappa shape index (κ1) is 23.3. The standard InChI is InChI=1S/C27H21N5O3S/c1-17-7-9-21(10-8-17)36-22-12-19(11-20(13-22)32(34)35)29-27(33)24-14-26(18-15-28-31(2)16-18)30-25-6-4-3-5-23(24)25/h3-16H,1-2H3,(H,29,33). The fraction of sp³-hybridized carbons (Fsp3) is 0.0741. The summed E-state index contributed by atoms with van der Waals surface area (Å²) in [5.41, 5.74) is 3.84. The highest BCUT2D eigenvalue weighted by atomic mass is 32.2. The molecule has 8 nitrogen and oxygen atoms in total. The van der Waals surface area contributed by atoms with Crippen molar-refractivity contribution in [2.75, 3.05) is 5.32 Å². The lowest BCUT2D eigenvalue weighted by Gasteiger charge is -2.11. The lowest BCUT2D eigenvalue weighted by molar-refractivity contribution is -0.385. The summed E-state index contributed by atoms with van der Waals surface area (Å²) in [4.78, 5) is 30.9. The largest absolute Gasteiger partial charge is 0.322 e. The minimum atomic E-state index is -0.461. The van der Waals surface area contributed by atoms with Crippen LogP contribution < -0.4 is 5.32 Å². The Morgan fingerprint density at radius 3 is 2.53 bits per heavy atom. The maximum absolute atomic E-state index is 13.5. The van der Waals surface area contributed by atoms with Crippen LogP contribution in [0, 0.1) is 17.0 Å². The Labute approximate surface area is 211 Å². The van der Waals surface area contributed by atoms with Crippen molar-refractivity contribution < 1.29 is 9.72 Å². The van der Waals surface area contributed by atoms with E-state index in [1.165, 1.54) is 23.9 Å². The number of aryl methyl sites for hydroxylation is 2. The Morgan fingerprint density at radius 2 is 1.81 bits per heavy atom. The molecule has 0 radical (unpaired) electrons. The Bertz CT molecular complexity index is 1610. The van der Waals surface area contributed by atoms with E-state index in [1.54, 1.807) is 23.0 Å². The SMILES string of the molecule is Cc1ccc(Sc2cc(NC(=O)c3cc(-c4cnn(C)c4)nc4ccccc34)cc([N+](=O)[O-])c2)cc1. The van der Waals surface area contributed by atoms with E-state index in [9.17, 15) is 14.9 Å². The van der Waals surface area contributed by atoms with Gasteiger partial charge in [-0.25, -0.2) is 4.98 Å². The van der Waals surface area contributed by atoms with Crippen molar-refractivity contribution >= 4 is 39.9 Å². The predicted octanol–water partition coefficient (Wildman–Crippen LogP) is 6.26. The molecule has 0 aliphatic rings. The maximum Gasteiger partial charge on any atom is 0.272 e. The minimum Gasteiger partial charge on any atom is -0.322 e. The van der Waals surface area contributed by atoms with Crippen LogP contribution in [0.5, 0.6) is 0 Å². The average Bonchev–Trinajstić information content (AvgIpc) is 3.31. The molecule has 178 valence electrons. The first-order valence-corrected chi connectivity index (χ1v) is 11.9. The van der Waals surface area contributed by atoms with Gasteiger partial charge in [0, 0.05) is 51.8 Å². The summed E-state index contributed by atoms with van der Waals surface area (Å²) in [7, 11) is 1.81. The molecule has 0 saturated heterocycles. The zero-order valence-electron chi connectivity index (χ0n) is 19.5. The quantitative estimate of drug-likeness (QED) is 0.220. The molecule has 2 aromatic heterocycles. The van der Waals surface area contributed by atoms with Crippen molar-refractivity contribution in [3.63, 3.8) is 0 Å². The van der Waals surface area contributed by atoms with Crippen molar-refractivity contribution in [1.29, 1.82) is 0 Å². The fourth-order valence-corrected chi connectivity index (χ4v) is 4.74. The lowest BCUT2D eigenvalue weighted by Crippen LogP contribution is -2.13. The number of benzene rings is 3. The summed E-state index contributed by atoms with van der Waals surface area (Å²) in [6, 6.07) is 21.6. The van der Waals surface area contributed by atoms with Crippen LogP contribution in [0.3, 0.4) is 0 Å². The summed E-state index contributed by atoms with van der Waals surface area (Å²) in [6.07, 6.45) is 3.52. The van der Waals surface area contributed by atoms with E-state index >= 15 is 0 Å². The molecule has 9 heteroatoms. The van der Waals surface area contributed by atoms with E-state index < -0.39 is 4.92 Å². The summed E-state index contributed by atoms with van der Waals surface area (Å²) in [5.74, 6) is -0.384. The van der Waals surface area contributed by atoms with Gasteiger partial charge in [-0.15, -0.1) is 0 Å². The number of para-hydroxylation sites is 1. The van der Waals surface area contributed by atoms with E-state index in [1.807, 2.05) is 68.7 Å². The maximum atomic E-state index is 13.5. The smallest absolute Gasteiger partial charge is 0.272 e. The number of hydrogen-bond donors (Lipinski definition) is 1. The minimum absolute atomic E-state index is 0.0990. The van der Waals surface area contributed by atoms with Gasteiger partial charge >= 0.3 is 0 Å². The Hall–Kier alpha value is -4.50. The summed E-state index contributed by atoms with van der Waals surface area (Å²) < 4.78 is 1.67. The summed E-state index contributed by atoms with van der Waals surface area (Å²) in [5, 5.41) is 19.3. The zero-order valence-corrected chi connectivity index (χ0v) is 20.3. The molecule has 1 amide bonds. The van der Waals surface area contributed by atoms with Crippen LogP contribution in [0.2, 0.25) is 0 Å². The van der Waals surface area contributed by atoms with Crippen LogP contribution in [0.25, 0.3) is 22.2 Å². The average molecular weight is 496 g/mol. The molecule has 1 N–H and O–H groups in total. The van der Waals surface area contributed by atoms with Crippen molar-refractivity contribution in [2.45, 2.75) is 16.7 Å². The van der Waals surface area contributed by atoms with Crippen molar-refractivity contribution in [1.82, 2.24) is 14.8 Å². The van der Waals surface area contributed by atoms with Gasteiger partial charge in [-0.3, -0.25) is 19.6 Å². The van der Waals surface area contributed by atoms with Crippen LogP contribution >= 0.6 is 11.8 Å². The van der Waals surface area contributed by atoms with E-state index in [0.29, 0.717) is 32.7 Å². The number of nitro benzene ring substituents is 1. The third kappa shape index (κ3) is 4.96. The topological polar surface area (TPSA) is 103 Å². The van der Waals surface area contributed by atoms with Gasteiger partial charge in [0.15, 0.2) is 0 Å². The number of aromatic nitrogens is 3. The van der Waals surface area contributed by atoms with Crippen LogP contribution in [-0.4, -0.2) is 25.6 Å². The molecule has 0 aliphatic carbocycles. The molecule has 2 heterocycles. The van der Waals surface area contributed by atoms with E-state index in [-0.39, 0.29) is 11.6 Å². The zero-order chi connectivity index (χ0) is 25.2. The molecule has 0 unspecified atom stereocenters. The second-order valence-electron chi connectivity index (χ2n) is 8.32. The Kier molecular flexibility index (Phi) is 6.22. The van der Waals surface area contributed by atoms with Gasteiger partial charge in [-0.1, -0.05) is 47.7 Å². The summed E-state index contributed by atoms with van der Waals surface area (Å²) >= 11 is 1.39. The highest BCUT2D eigenvalue weighted by molar-refractivity contribution is 7.99. The molecular formula is C27H21N5O3S. The highest BCUT2D eigenvalue weighted by Gasteiger charge is 2.17. The number of non-ortho nitro benzene ring substituents is 1. The van der Waals surface area contributed by atoms with Crippen LogP contribution in [0.15, 0.2) is 95.0 Å². The molecule has 5 rings (SSSR count). The molecule has 0 fully saturated rings. The fourth-order valence-electron chi connectivity index (χ4n) is 3.83. The molecule has 0 bridgehead atoms. The Morgan fingerprint density at radius 1 is 1.03 bits per heavy atom. The van der Waals surface area contributed by atoms with Crippen molar-refractivity contribution in [3.8, 4) is 11.3 Å². The molecule has 0 saturated carbocycles. The number of hydrogen-bond acceptors (Lipinski definition) is 6. The molecule has 3 aromatic carbocycles. The number of nitrogens with zero attached hydrogens (tertiary/aromatic N) is 4. The normalized spacial score (nSPS) is 10.9. The second kappa shape index (κ2) is 9.63. The van der Waals surface area contributed by atoms with Crippen LogP contribution in [-0.2, 0) is 7.05 Å². The summed E-state index contributed by atoms with van der Waals surface area (Å²) in [6.45, 7) is 2.00. The first-order chi connectivity index (χ1) is 17.4. The van der Waals surface area contributed by atoms with Gasteiger partial charge in [0.05, 0.1) is 27.9 Å². The molecule has 0 spiro atoms. The predicted molar refractivity (Wildman–Crippen MR) is 140 cm³/mol. The molecule has 5 aromatic rings. The number of anilines is 1. The van der Waals surface area contributed by atoms with E-state index in [0.717, 1.165) is 16.0 Å². The van der Waals surface area contributed by atoms with E-state index in [4.69, 9.17) is 0 Å². The van der Waals surface area contributed by atoms with Crippen molar-refractivity contribution in [3.05, 3.63) is 106 Å². The number of nitro groups is 1. The number of carbonyl (C=O) groups is 1. The van der Waals surface area contributed by atoms with Gasteiger partial charge in [0.25, 0.3) is 11.6 Å². The van der Waals surface area contributed by atoms with Gasteiger partial charge in [-0.2, -0.15) is 5.10 Å². The highest BCUT2D eigenvalue weighted by Crippen LogP contribution is 2.34. The third-order valence-corrected chi connectivity index (χ3v) is 6.56. The third-order valence-electron chi connectivity index (χ3n) is 5.58. The van der Waals surface area contributed by atoms with Crippen LogP contribution in [0.4, 0.5) is 11.4 Å². The van der Waals surface area contributed by atoms with Crippen molar-refractivity contribution in [2.24, 2.45) is 7.05 Å². The van der Waals surface area contributed by atoms with Crippen LogP contribution in [0.1, 0.15) is 15.9 Å². The molecule has 0 aliphatic heterocycles. The number of pyridine rings is 1. The lowest BCUT2D eigenvalue weighted by atomic mass is 10.0. The van der Waals surface area contributed by atoms with Gasteiger partial charge < -0.3 is 5.32 Å². The van der Waals surface area contributed by atoms with Gasteiger partial charge in [-0.05, 0) is 37.3 Å². The Balaban J connectivity index is 1.51. The number of carbonyl (C=O) groups excluding carboxylic acids is 1. The van der Waals surface area contributed by atoms with Gasteiger partial charge in [0.1, 0.15) is 0 Å². The molecule has 36 heavy (non-hydrogen) atoms. The monoisotopic (exact) mass is 495 g/mol. The molecular weight excluding hydrogens is 474 g/mol. The number of nitrogens with one attached hydrogen (secondary N) is 1. The van der Waals surface area contributed by atoms with E-state index in [2.05, 4.69) is 15.4 Å². The number of fused-ring (bicyclic) bond motifs is 1. The first-order valence-electron chi connectivity index (χ1n) is 11.1. The molecule has 0 atom stereocenters. The number of amides is 1.